The number of thioether (sulfide) groups is 6. The lowest BCUT2D eigenvalue weighted by Gasteiger charge is -2.03. The van der Waals surface area contributed by atoms with Crippen molar-refractivity contribution in [2.45, 2.75) is 65.2 Å². The third kappa shape index (κ3) is 7.85. The van der Waals surface area contributed by atoms with Gasteiger partial charge in [-0.15, -0.1) is 23.5 Å². The number of allylic oxidation sites excluding steroid dienone is 2. The molecule has 2 heterocycles. The van der Waals surface area contributed by atoms with E-state index in [1.165, 1.54) is 52.4 Å². The Bertz CT molecular complexity index is 651. The maximum atomic E-state index is 8.85. The summed E-state index contributed by atoms with van der Waals surface area (Å²) < 4.78 is 5.67. The minimum atomic E-state index is 0.609. The summed E-state index contributed by atoms with van der Waals surface area (Å²) in [4.78, 5) is 3.00. The van der Waals surface area contributed by atoms with Gasteiger partial charge in [-0.3, -0.25) is 0 Å². The molecule has 0 saturated carbocycles. The maximum absolute atomic E-state index is 8.85. The van der Waals surface area contributed by atoms with Crippen LogP contribution in [0.15, 0.2) is 26.8 Å². The van der Waals surface area contributed by atoms with Crippen LogP contribution in [0.1, 0.15) is 65.2 Å². The highest BCUT2D eigenvalue weighted by molar-refractivity contribution is 8.40. The highest BCUT2D eigenvalue weighted by Crippen LogP contribution is 2.64. The Labute approximate surface area is 195 Å². The molecule has 8 heteroatoms. The SMILES string of the molecule is CCCCC1=C(SCCC#N)S/C(=C2\SC(CCCC)=C(SCCC#N)S2)S1. The molecule has 0 unspecified atom stereocenters. The number of nitriles is 2. The normalized spacial score (nSPS) is 19.4. The summed E-state index contributed by atoms with van der Waals surface area (Å²) in [5.41, 5.74) is 0. The van der Waals surface area contributed by atoms with Crippen molar-refractivity contribution in [3.8, 4) is 12.1 Å². The highest BCUT2D eigenvalue weighted by atomic mass is 32.2. The number of rotatable bonds is 12. The fraction of sp³-hybridized carbons (Fsp3) is 0.600. The largest absolute Gasteiger partial charge is 0.198 e. The lowest BCUT2D eigenvalue weighted by Crippen LogP contribution is -1.80. The van der Waals surface area contributed by atoms with Crippen molar-refractivity contribution in [1.82, 2.24) is 0 Å². The number of hydrogen-bond donors (Lipinski definition) is 0. The van der Waals surface area contributed by atoms with Crippen LogP contribution in [0.25, 0.3) is 0 Å². The molecule has 0 aromatic rings. The van der Waals surface area contributed by atoms with E-state index in [-0.39, 0.29) is 0 Å². The minimum Gasteiger partial charge on any atom is -0.198 e. The van der Waals surface area contributed by atoms with Gasteiger partial charge >= 0.3 is 0 Å². The van der Waals surface area contributed by atoms with Crippen LogP contribution in [-0.4, -0.2) is 11.5 Å². The molecular formula is C20H26N2S6. The average molecular weight is 487 g/mol. The van der Waals surface area contributed by atoms with E-state index >= 15 is 0 Å². The van der Waals surface area contributed by atoms with Gasteiger partial charge in [0.1, 0.15) is 0 Å². The zero-order chi connectivity index (χ0) is 20.2. The van der Waals surface area contributed by atoms with Gasteiger partial charge in [0.2, 0.25) is 0 Å². The Hall–Kier alpha value is 0.300. The first-order valence-corrected chi connectivity index (χ1v) is 14.9. The molecule has 2 nitrogen and oxygen atoms in total. The van der Waals surface area contributed by atoms with E-state index in [1.54, 1.807) is 0 Å². The fourth-order valence-corrected chi connectivity index (χ4v) is 11.2. The van der Waals surface area contributed by atoms with Gasteiger partial charge in [0, 0.05) is 34.2 Å². The van der Waals surface area contributed by atoms with E-state index < -0.39 is 0 Å². The van der Waals surface area contributed by atoms with E-state index in [2.05, 4.69) is 26.0 Å². The summed E-state index contributed by atoms with van der Waals surface area (Å²) in [5.74, 6) is 1.76. The number of nitrogens with zero attached hydrogens (tertiary/aromatic N) is 2. The van der Waals surface area contributed by atoms with E-state index in [0.717, 1.165) is 24.3 Å². The summed E-state index contributed by atoms with van der Waals surface area (Å²) in [6.07, 6.45) is 8.39. The van der Waals surface area contributed by atoms with Crippen molar-refractivity contribution in [2.24, 2.45) is 0 Å². The number of unbranched alkanes of at least 4 members (excludes halogenated alkanes) is 2. The van der Waals surface area contributed by atoms with Crippen LogP contribution in [0.5, 0.6) is 0 Å². The third-order valence-electron chi connectivity index (χ3n) is 3.83. The molecule has 2 aliphatic heterocycles. The van der Waals surface area contributed by atoms with E-state index in [0.29, 0.717) is 12.8 Å². The van der Waals surface area contributed by atoms with Crippen LogP contribution in [0.2, 0.25) is 0 Å². The predicted octanol–water partition coefficient (Wildman–Crippen LogP) is 9.09. The molecule has 0 saturated heterocycles. The zero-order valence-electron chi connectivity index (χ0n) is 16.4. The lowest BCUT2D eigenvalue weighted by atomic mass is 10.2. The van der Waals surface area contributed by atoms with Gasteiger partial charge in [-0.25, -0.2) is 0 Å². The van der Waals surface area contributed by atoms with E-state index in [4.69, 9.17) is 10.5 Å². The van der Waals surface area contributed by atoms with Gasteiger partial charge in [0.25, 0.3) is 0 Å². The molecule has 0 spiro atoms. The van der Waals surface area contributed by atoms with Crippen LogP contribution in [-0.2, 0) is 0 Å². The van der Waals surface area contributed by atoms with Gasteiger partial charge in [-0.1, -0.05) is 73.7 Å². The van der Waals surface area contributed by atoms with Gasteiger partial charge in [0.15, 0.2) is 0 Å². The van der Waals surface area contributed by atoms with E-state index in [9.17, 15) is 0 Å². The standard InChI is InChI=1S/C20H26N2S6/c1-3-5-9-15-17(23-13-7-11-21)27-19(25-15)20-26-16(10-6-4-2)18(28-20)24-14-8-12-22/h3-10,13-14H2,1-2H3/b20-19+. The molecule has 2 rings (SSSR count). The zero-order valence-corrected chi connectivity index (χ0v) is 21.3. The van der Waals surface area contributed by atoms with Crippen LogP contribution in [0, 0.1) is 22.7 Å². The molecule has 0 aromatic heterocycles. The second-order valence-corrected chi connectivity index (χ2v) is 13.6. The van der Waals surface area contributed by atoms with Crippen LogP contribution in [0.4, 0.5) is 0 Å². The van der Waals surface area contributed by atoms with Crippen LogP contribution < -0.4 is 0 Å². The first kappa shape index (κ1) is 24.6. The summed E-state index contributed by atoms with van der Waals surface area (Å²) >= 11 is 11.5. The van der Waals surface area contributed by atoms with Crippen molar-refractivity contribution < 1.29 is 0 Å². The van der Waals surface area contributed by atoms with Crippen molar-refractivity contribution in [3.63, 3.8) is 0 Å². The van der Waals surface area contributed by atoms with Crippen molar-refractivity contribution in [3.05, 3.63) is 26.8 Å². The van der Waals surface area contributed by atoms with Crippen LogP contribution >= 0.6 is 70.6 Å². The Morgan fingerprint density at radius 1 is 0.714 bits per heavy atom. The summed E-state index contributed by atoms with van der Waals surface area (Å²) in [7, 11) is 0. The quantitative estimate of drug-likeness (QED) is 0.253. The summed E-state index contributed by atoms with van der Waals surface area (Å²) in [6.45, 7) is 4.49. The molecule has 0 bridgehead atoms. The monoisotopic (exact) mass is 486 g/mol. The molecule has 0 aliphatic carbocycles. The molecule has 0 atom stereocenters. The predicted molar refractivity (Wildman–Crippen MR) is 136 cm³/mol. The average Bonchev–Trinajstić information content (AvgIpc) is 3.29. The lowest BCUT2D eigenvalue weighted by molar-refractivity contribution is 0.809. The smallest absolute Gasteiger partial charge is 0.0708 e. The van der Waals surface area contributed by atoms with Gasteiger partial charge in [0.05, 0.1) is 29.1 Å². The number of hydrogen-bond acceptors (Lipinski definition) is 8. The Morgan fingerprint density at radius 3 is 1.50 bits per heavy atom. The van der Waals surface area contributed by atoms with Crippen molar-refractivity contribution in [2.75, 3.05) is 11.5 Å². The molecule has 2 aliphatic rings. The second kappa shape index (κ2) is 14.3. The Morgan fingerprint density at radius 2 is 1.14 bits per heavy atom. The third-order valence-corrected chi connectivity index (χ3v) is 12.6. The first-order valence-electron chi connectivity index (χ1n) is 9.64. The summed E-state index contributed by atoms with van der Waals surface area (Å²) in [6, 6.07) is 4.52. The molecule has 152 valence electrons. The van der Waals surface area contributed by atoms with Crippen molar-refractivity contribution in [1.29, 1.82) is 10.5 Å². The Balaban J connectivity index is 2.08. The summed E-state index contributed by atoms with van der Waals surface area (Å²) in [5, 5.41) is 17.7. The van der Waals surface area contributed by atoms with E-state index in [1.807, 2.05) is 70.6 Å². The minimum absolute atomic E-state index is 0.609. The molecule has 0 amide bonds. The molecule has 0 fully saturated rings. The molecule has 28 heavy (non-hydrogen) atoms. The Kier molecular flexibility index (Phi) is 12.6. The highest BCUT2D eigenvalue weighted by Gasteiger charge is 2.29. The van der Waals surface area contributed by atoms with Gasteiger partial charge in [-0.05, 0) is 25.7 Å². The molecule has 0 aromatic carbocycles. The molecule has 0 N–H and O–H groups in total. The second-order valence-electron chi connectivity index (χ2n) is 6.12. The van der Waals surface area contributed by atoms with Gasteiger partial charge < -0.3 is 0 Å². The molecule has 0 radical (unpaired) electrons. The fourth-order valence-electron chi connectivity index (χ4n) is 2.38. The molecular weight excluding hydrogens is 461 g/mol. The maximum Gasteiger partial charge on any atom is 0.0708 e. The topological polar surface area (TPSA) is 47.6 Å². The van der Waals surface area contributed by atoms with Crippen LogP contribution in [0.3, 0.4) is 0 Å². The first-order chi connectivity index (χ1) is 13.7. The van der Waals surface area contributed by atoms with Crippen molar-refractivity contribution >= 4 is 70.6 Å². The van der Waals surface area contributed by atoms with Gasteiger partial charge in [-0.2, -0.15) is 10.5 Å².